The summed E-state index contributed by atoms with van der Waals surface area (Å²) in [4.78, 5) is 14.1. The van der Waals surface area contributed by atoms with Crippen LogP contribution in [0.5, 0.6) is 0 Å². The van der Waals surface area contributed by atoms with Crippen molar-refractivity contribution in [2.75, 3.05) is 31.7 Å². The molecule has 1 unspecified atom stereocenters. The number of amides is 1. The van der Waals surface area contributed by atoms with Crippen LogP contribution in [-0.2, 0) is 9.53 Å². The van der Waals surface area contributed by atoms with Gasteiger partial charge in [0.15, 0.2) is 5.60 Å². The van der Waals surface area contributed by atoms with Crippen LogP contribution in [0.2, 0.25) is 0 Å². The average Bonchev–Trinajstić information content (AvgIpc) is 2.92. The highest BCUT2D eigenvalue weighted by atomic mass is 32.2. The molecule has 4 nitrogen and oxygen atoms in total. The van der Waals surface area contributed by atoms with Gasteiger partial charge < -0.3 is 9.64 Å². The van der Waals surface area contributed by atoms with E-state index in [2.05, 4.69) is 6.07 Å². The Morgan fingerprint density at radius 2 is 2.24 bits per heavy atom. The minimum atomic E-state index is -0.665. The topological polar surface area (TPSA) is 53.3 Å². The lowest BCUT2D eigenvalue weighted by Gasteiger charge is -2.37. The molecular weight excluding hydrogens is 236 g/mol. The summed E-state index contributed by atoms with van der Waals surface area (Å²) in [5.74, 6) is 2.54. The quantitative estimate of drug-likeness (QED) is 0.744. The van der Waals surface area contributed by atoms with Gasteiger partial charge in [-0.05, 0) is 12.2 Å². The van der Waals surface area contributed by atoms with Gasteiger partial charge in [0, 0.05) is 44.7 Å². The molecule has 0 aliphatic carbocycles. The zero-order chi connectivity index (χ0) is 12.3. The second-order valence-corrected chi connectivity index (χ2v) is 5.85. The van der Waals surface area contributed by atoms with Gasteiger partial charge in [-0.15, -0.1) is 0 Å². The largest absolute Gasteiger partial charge is 0.363 e. The predicted octanol–water partition coefficient (Wildman–Crippen LogP) is 1.27. The highest BCUT2D eigenvalue weighted by Crippen LogP contribution is 2.29. The molecule has 2 saturated heterocycles. The number of methoxy groups -OCH3 is 1. The van der Waals surface area contributed by atoms with Crippen molar-refractivity contribution >= 4 is 17.7 Å². The third kappa shape index (κ3) is 2.58. The summed E-state index contributed by atoms with van der Waals surface area (Å²) in [6.45, 7) is 1.31. The van der Waals surface area contributed by atoms with E-state index in [1.54, 1.807) is 7.11 Å². The van der Waals surface area contributed by atoms with Crippen molar-refractivity contribution in [1.82, 2.24) is 4.90 Å². The van der Waals surface area contributed by atoms with Gasteiger partial charge in [0.2, 0.25) is 5.91 Å². The summed E-state index contributed by atoms with van der Waals surface area (Å²) in [6, 6.07) is 2.23. The van der Waals surface area contributed by atoms with E-state index in [-0.39, 0.29) is 11.8 Å². The molecule has 0 bridgehead atoms. The summed E-state index contributed by atoms with van der Waals surface area (Å²) >= 11 is 1.86. The van der Waals surface area contributed by atoms with Crippen molar-refractivity contribution in [1.29, 1.82) is 5.26 Å². The Bertz CT molecular complexity index is 326. The third-order valence-electron chi connectivity index (χ3n) is 3.76. The number of ether oxygens (including phenoxy) is 1. The SMILES string of the molecule is COC1(C#N)CCN(C(=O)C2CCSC2)CC1. The lowest BCUT2D eigenvalue weighted by molar-refractivity contribution is -0.138. The van der Waals surface area contributed by atoms with Gasteiger partial charge in [-0.1, -0.05) is 0 Å². The van der Waals surface area contributed by atoms with E-state index in [9.17, 15) is 4.79 Å². The summed E-state index contributed by atoms with van der Waals surface area (Å²) in [7, 11) is 1.58. The van der Waals surface area contributed by atoms with Crippen LogP contribution in [-0.4, -0.2) is 48.1 Å². The minimum Gasteiger partial charge on any atom is -0.363 e. The highest BCUT2D eigenvalue weighted by molar-refractivity contribution is 7.99. The van der Waals surface area contributed by atoms with Crippen molar-refractivity contribution < 1.29 is 9.53 Å². The molecular formula is C12H18N2O2S. The van der Waals surface area contributed by atoms with Gasteiger partial charge in [0.25, 0.3) is 0 Å². The first kappa shape index (κ1) is 12.7. The maximum atomic E-state index is 12.2. The van der Waals surface area contributed by atoms with Crippen LogP contribution in [0.15, 0.2) is 0 Å². The van der Waals surface area contributed by atoms with Gasteiger partial charge in [-0.2, -0.15) is 17.0 Å². The number of thioether (sulfide) groups is 1. The number of rotatable bonds is 2. The first-order valence-corrected chi connectivity index (χ1v) is 7.19. The maximum absolute atomic E-state index is 12.2. The summed E-state index contributed by atoms with van der Waals surface area (Å²) in [5, 5.41) is 9.10. The molecule has 2 aliphatic heterocycles. The van der Waals surface area contributed by atoms with Crippen LogP contribution in [0.4, 0.5) is 0 Å². The number of carbonyl (C=O) groups excluding carboxylic acids is 1. The zero-order valence-electron chi connectivity index (χ0n) is 10.1. The molecule has 1 amide bonds. The monoisotopic (exact) mass is 254 g/mol. The Hall–Kier alpha value is -0.730. The van der Waals surface area contributed by atoms with Crippen molar-refractivity contribution in [2.24, 2.45) is 5.92 Å². The molecule has 0 N–H and O–H groups in total. The molecule has 0 aromatic carbocycles. The molecule has 0 aromatic rings. The lowest BCUT2D eigenvalue weighted by Crippen LogP contribution is -2.48. The van der Waals surface area contributed by atoms with Crippen LogP contribution < -0.4 is 0 Å². The summed E-state index contributed by atoms with van der Waals surface area (Å²) in [5.41, 5.74) is -0.665. The zero-order valence-corrected chi connectivity index (χ0v) is 11.0. The van der Waals surface area contributed by atoms with E-state index >= 15 is 0 Å². The molecule has 2 aliphatic rings. The Kier molecular flexibility index (Phi) is 3.95. The number of nitriles is 1. The second kappa shape index (κ2) is 5.28. The smallest absolute Gasteiger partial charge is 0.226 e. The van der Waals surface area contributed by atoms with Gasteiger partial charge in [0.1, 0.15) is 0 Å². The van der Waals surface area contributed by atoms with E-state index in [1.807, 2.05) is 16.7 Å². The van der Waals surface area contributed by atoms with Crippen molar-refractivity contribution in [3.05, 3.63) is 0 Å². The molecule has 0 aromatic heterocycles. The number of hydrogen-bond donors (Lipinski definition) is 0. The average molecular weight is 254 g/mol. The van der Waals surface area contributed by atoms with E-state index in [4.69, 9.17) is 10.00 Å². The van der Waals surface area contributed by atoms with Gasteiger partial charge in [-0.25, -0.2) is 0 Å². The summed E-state index contributed by atoms with van der Waals surface area (Å²) in [6.07, 6.45) is 2.27. The number of hydrogen-bond acceptors (Lipinski definition) is 4. The molecule has 2 rings (SSSR count). The molecule has 0 radical (unpaired) electrons. The first-order chi connectivity index (χ1) is 8.21. The number of piperidine rings is 1. The molecule has 94 valence electrons. The van der Waals surface area contributed by atoms with E-state index in [0.717, 1.165) is 17.9 Å². The second-order valence-electron chi connectivity index (χ2n) is 4.70. The van der Waals surface area contributed by atoms with Crippen LogP contribution in [0.1, 0.15) is 19.3 Å². The minimum absolute atomic E-state index is 0.206. The van der Waals surface area contributed by atoms with E-state index in [1.165, 1.54) is 0 Å². The number of carbonyl (C=O) groups is 1. The van der Waals surface area contributed by atoms with Crippen LogP contribution in [0.25, 0.3) is 0 Å². The Morgan fingerprint density at radius 1 is 1.53 bits per heavy atom. The fourth-order valence-corrected chi connectivity index (χ4v) is 3.65. The molecule has 0 saturated carbocycles. The Morgan fingerprint density at radius 3 is 2.71 bits per heavy atom. The van der Waals surface area contributed by atoms with E-state index in [0.29, 0.717) is 25.9 Å². The Labute approximate surface area is 106 Å². The summed E-state index contributed by atoms with van der Waals surface area (Å²) < 4.78 is 5.28. The van der Waals surface area contributed by atoms with E-state index < -0.39 is 5.60 Å². The molecule has 1 atom stereocenters. The molecule has 17 heavy (non-hydrogen) atoms. The third-order valence-corrected chi connectivity index (χ3v) is 4.92. The Balaban J connectivity index is 1.90. The highest BCUT2D eigenvalue weighted by Gasteiger charge is 2.38. The fraction of sp³-hybridized carbons (Fsp3) is 0.833. The van der Waals surface area contributed by atoms with Crippen LogP contribution >= 0.6 is 11.8 Å². The number of likely N-dealkylation sites (tertiary alicyclic amines) is 1. The van der Waals surface area contributed by atoms with Crippen molar-refractivity contribution in [3.8, 4) is 6.07 Å². The van der Waals surface area contributed by atoms with Crippen LogP contribution in [0.3, 0.4) is 0 Å². The fourth-order valence-electron chi connectivity index (χ4n) is 2.44. The van der Waals surface area contributed by atoms with Gasteiger partial charge in [0.05, 0.1) is 6.07 Å². The van der Waals surface area contributed by atoms with Crippen molar-refractivity contribution in [2.45, 2.75) is 24.9 Å². The predicted molar refractivity (Wildman–Crippen MR) is 66.6 cm³/mol. The van der Waals surface area contributed by atoms with Crippen molar-refractivity contribution in [3.63, 3.8) is 0 Å². The van der Waals surface area contributed by atoms with Gasteiger partial charge in [-0.3, -0.25) is 4.79 Å². The first-order valence-electron chi connectivity index (χ1n) is 6.04. The number of nitrogens with zero attached hydrogens (tertiary/aromatic N) is 2. The van der Waals surface area contributed by atoms with Crippen LogP contribution in [0, 0.1) is 17.2 Å². The van der Waals surface area contributed by atoms with Gasteiger partial charge >= 0.3 is 0 Å². The lowest BCUT2D eigenvalue weighted by atomic mass is 9.92. The maximum Gasteiger partial charge on any atom is 0.226 e. The molecule has 2 fully saturated rings. The molecule has 0 spiro atoms. The molecule has 2 heterocycles. The molecule has 5 heteroatoms. The standard InChI is InChI=1S/C12H18N2O2S/c1-16-12(9-13)3-5-14(6-4-12)11(15)10-2-7-17-8-10/h10H,2-8H2,1H3. The normalized spacial score (nSPS) is 27.8.